The minimum atomic E-state index is -0.728. The maximum absolute atomic E-state index is 6.34. The second-order valence-electron chi connectivity index (χ2n) is 9.02. The summed E-state index contributed by atoms with van der Waals surface area (Å²) in [5, 5.41) is 0. The maximum atomic E-state index is 6.34. The van der Waals surface area contributed by atoms with Gasteiger partial charge in [-0.1, -0.05) is 13.8 Å². The van der Waals surface area contributed by atoms with Crippen molar-refractivity contribution in [1.82, 2.24) is 0 Å². The second kappa shape index (κ2) is 5.98. The standard InChI is InChI=1S/C17H34B2O5/c1-11-17(12-2,18-20-13(3,4)14(5,6)21-18)24-19-22-15(7,8)16(9,10)23-19/h11-12H2,1-10H3. The van der Waals surface area contributed by atoms with E-state index in [0.717, 1.165) is 12.8 Å². The zero-order chi connectivity index (χ0) is 18.6. The number of hydrogen-bond acceptors (Lipinski definition) is 5. The van der Waals surface area contributed by atoms with Gasteiger partial charge in [0.25, 0.3) is 0 Å². The van der Waals surface area contributed by atoms with Gasteiger partial charge in [0, 0.05) is 0 Å². The molecule has 0 radical (unpaired) electrons. The van der Waals surface area contributed by atoms with Gasteiger partial charge in [-0.25, -0.2) is 0 Å². The molecule has 0 bridgehead atoms. The molecule has 0 aromatic carbocycles. The lowest BCUT2D eigenvalue weighted by Gasteiger charge is -2.34. The molecule has 0 atom stereocenters. The molecule has 0 unspecified atom stereocenters. The SMILES string of the molecule is CCC(CC)(OB1OC(C)(C)C(C)(C)O1)B1OC(C)(C)C(C)(C)O1. The van der Waals surface area contributed by atoms with Crippen molar-refractivity contribution in [2.45, 2.75) is 110 Å². The third-order valence-electron chi connectivity index (χ3n) is 6.44. The number of hydrogen-bond donors (Lipinski definition) is 0. The molecule has 5 nitrogen and oxygen atoms in total. The lowest BCUT2D eigenvalue weighted by Crippen LogP contribution is -2.53. The second-order valence-corrected chi connectivity index (χ2v) is 9.02. The van der Waals surface area contributed by atoms with Crippen LogP contribution in [-0.4, -0.2) is 42.3 Å². The lowest BCUT2D eigenvalue weighted by molar-refractivity contribution is 0.00578. The van der Waals surface area contributed by atoms with Crippen molar-refractivity contribution in [3.63, 3.8) is 0 Å². The van der Waals surface area contributed by atoms with Crippen molar-refractivity contribution in [2.75, 3.05) is 0 Å². The first kappa shape index (κ1) is 20.2. The van der Waals surface area contributed by atoms with Crippen LogP contribution in [0, 0.1) is 0 Å². The summed E-state index contributed by atoms with van der Waals surface area (Å²) in [5.74, 6) is 0. The Balaban J connectivity index is 2.21. The van der Waals surface area contributed by atoms with E-state index in [0.29, 0.717) is 0 Å². The molecule has 2 aliphatic heterocycles. The average molecular weight is 340 g/mol. The first-order valence-electron chi connectivity index (χ1n) is 9.11. The summed E-state index contributed by atoms with van der Waals surface area (Å²) in [7, 11) is -1.19. The van der Waals surface area contributed by atoms with Crippen LogP contribution in [0.15, 0.2) is 0 Å². The first-order chi connectivity index (χ1) is 10.7. The molecule has 7 heteroatoms. The Kier molecular flexibility index (Phi) is 5.05. The molecular weight excluding hydrogens is 306 g/mol. The maximum Gasteiger partial charge on any atom is 0.640 e. The van der Waals surface area contributed by atoms with Crippen LogP contribution in [0.4, 0.5) is 0 Å². The molecule has 0 aromatic rings. The molecule has 2 heterocycles. The van der Waals surface area contributed by atoms with Crippen LogP contribution in [-0.2, 0) is 23.3 Å². The van der Waals surface area contributed by atoms with Gasteiger partial charge in [0.1, 0.15) is 0 Å². The van der Waals surface area contributed by atoms with E-state index in [1.807, 2.05) is 27.7 Å². The Hall–Kier alpha value is -0.0701. The van der Waals surface area contributed by atoms with Gasteiger partial charge < -0.3 is 23.3 Å². The van der Waals surface area contributed by atoms with Crippen LogP contribution < -0.4 is 0 Å². The van der Waals surface area contributed by atoms with Gasteiger partial charge in [-0.3, -0.25) is 0 Å². The van der Waals surface area contributed by atoms with E-state index in [9.17, 15) is 0 Å². The fourth-order valence-corrected chi connectivity index (χ4v) is 2.89. The van der Waals surface area contributed by atoms with Gasteiger partial charge >= 0.3 is 14.4 Å². The van der Waals surface area contributed by atoms with Crippen LogP contribution in [0.2, 0.25) is 0 Å². The van der Waals surface area contributed by atoms with Crippen LogP contribution in [0.3, 0.4) is 0 Å². The summed E-state index contributed by atoms with van der Waals surface area (Å²) in [4.78, 5) is 0. The topological polar surface area (TPSA) is 46.2 Å². The molecule has 0 aliphatic carbocycles. The third kappa shape index (κ3) is 3.18. The highest BCUT2D eigenvalue weighted by molar-refractivity contribution is 6.51. The fourth-order valence-electron chi connectivity index (χ4n) is 2.89. The minimum absolute atomic E-state index is 0.396. The van der Waals surface area contributed by atoms with Crippen molar-refractivity contribution in [3.8, 4) is 0 Å². The Morgan fingerprint density at radius 2 is 1.00 bits per heavy atom. The van der Waals surface area contributed by atoms with Crippen molar-refractivity contribution in [1.29, 1.82) is 0 Å². The van der Waals surface area contributed by atoms with Crippen molar-refractivity contribution in [3.05, 3.63) is 0 Å². The fraction of sp³-hybridized carbons (Fsp3) is 1.00. The molecule has 2 fully saturated rings. The summed E-state index contributed by atoms with van der Waals surface area (Å²) in [5.41, 5.74) is -2.27. The third-order valence-corrected chi connectivity index (χ3v) is 6.44. The number of rotatable bonds is 5. The molecule has 2 rings (SSSR count). The summed E-state index contributed by atoms with van der Waals surface area (Å²) in [6.45, 7) is 20.5. The van der Waals surface area contributed by atoms with Crippen LogP contribution in [0.1, 0.15) is 82.1 Å². The van der Waals surface area contributed by atoms with Crippen molar-refractivity contribution in [2.24, 2.45) is 0 Å². The molecule has 2 aliphatic rings. The van der Waals surface area contributed by atoms with Crippen LogP contribution in [0.25, 0.3) is 0 Å². The minimum Gasteiger partial charge on any atom is -0.401 e. The Bertz CT molecular complexity index is 440. The predicted octanol–water partition coefficient (Wildman–Crippen LogP) is 3.78. The molecule has 0 aromatic heterocycles. The van der Waals surface area contributed by atoms with E-state index in [2.05, 4.69) is 41.5 Å². The van der Waals surface area contributed by atoms with Crippen molar-refractivity contribution >= 4 is 14.4 Å². The van der Waals surface area contributed by atoms with Gasteiger partial charge in [-0.05, 0) is 68.2 Å². The molecule has 0 saturated carbocycles. The van der Waals surface area contributed by atoms with Gasteiger partial charge in [-0.15, -0.1) is 0 Å². The largest absolute Gasteiger partial charge is 0.640 e. The van der Waals surface area contributed by atoms with E-state index in [1.165, 1.54) is 0 Å². The zero-order valence-electron chi connectivity index (χ0n) is 17.1. The normalized spacial score (nSPS) is 27.8. The molecule has 0 amide bonds. The van der Waals surface area contributed by atoms with Gasteiger partial charge in [0.15, 0.2) is 0 Å². The Morgan fingerprint density at radius 1 is 0.667 bits per heavy atom. The highest BCUT2D eigenvalue weighted by Gasteiger charge is 2.62. The van der Waals surface area contributed by atoms with Gasteiger partial charge in [-0.2, -0.15) is 0 Å². The predicted molar refractivity (Wildman–Crippen MR) is 96.6 cm³/mol. The van der Waals surface area contributed by atoms with Crippen LogP contribution >= 0.6 is 0 Å². The van der Waals surface area contributed by atoms with E-state index in [4.69, 9.17) is 23.3 Å². The van der Waals surface area contributed by atoms with E-state index >= 15 is 0 Å². The molecule has 2 saturated heterocycles. The van der Waals surface area contributed by atoms with E-state index in [1.54, 1.807) is 0 Å². The lowest BCUT2D eigenvalue weighted by atomic mass is 9.63. The highest BCUT2D eigenvalue weighted by atomic mass is 16.8. The summed E-state index contributed by atoms with van der Waals surface area (Å²) >= 11 is 0. The smallest absolute Gasteiger partial charge is 0.401 e. The van der Waals surface area contributed by atoms with Crippen LogP contribution in [0.5, 0.6) is 0 Å². The molecular formula is C17H34B2O5. The highest BCUT2D eigenvalue weighted by Crippen LogP contribution is 2.44. The monoisotopic (exact) mass is 340 g/mol. The zero-order valence-corrected chi connectivity index (χ0v) is 17.1. The molecule has 0 spiro atoms. The molecule has 24 heavy (non-hydrogen) atoms. The Labute approximate surface area is 148 Å². The summed E-state index contributed by atoms with van der Waals surface area (Å²) < 4.78 is 30.9. The average Bonchev–Trinajstić information content (AvgIpc) is 2.75. The summed E-state index contributed by atoms with van der Waals surface area (Å²) in [6.07, 6.45) is 1.48. The molecule has 138 valence electrons. The summed E-state index contributed by atoms with van der Waals surface area (Å²) in [6, 6.07) is 0. The van der Waals surface area contributed by atoms with Crippen molar-refractivity contribution < 1.29 is 23.3 Å². The van der Waals surface area contributed by atoms with E-state index in [-0.39, 0.29) is 0 Å². The van der Waals surface area contributed by atoms with Gasteiger partial charge in [0.2, 0.25) is 0 Å². The first-order valence-corrected chi connectivity index (χ1v) is 9.11. The van der Waals surface area contributed by atoms with Gasteiger partial charge in [0.05, 0.1) is 27.9 Å². The Morgan fingerprint density at radius 3 is 1.33 bits per heavy atom. The molecule has 0 N–H and O–H groups in total. The van der Waals surface area contributed by atoms with E-state index < -0.39 is 42.3 Å². The quantitative estimate of drug-likeness (QED) is 0.713.